The van der Waals surface area contributed by atoms with E-state index in [1.807, 2.05) is 0 Å². The number of hydrogen-bond acceptors (Lipinski definition) is 8. The van der Waals surface area contributed by atoms with Crippen LogP contribution < -0.4 is 5.73 Å². The summed E-state index contributed by atoms with van der Waals surface area (Å²) in [6.45, 7) is 4.85. The fourth-order valence-electron chi connectivity index (χ4n) is 2.84. The van der Waals surface area contributed by atoms with Gasteiger partial charge in [0.1, 0.15) is 16.4 Å². The lowest BCUT2D eigenvalue weighted by Crippen LogP contribution is -2.30. The number of esters is 2. The van der Waals surface area contributed by atoms with Gasteiger partial charge >= 0.3 is 11.9 Å². The smallest absolute Gasteiger partial charge is 0.340 e. The molecule has 9 nitrogen and oxygen atoms in total. The fraction of sp³-hybridized carbons (Fsp3) is 0.333. The van der Waals surface area contributed by atoms with E-state index in [0.717, 1.165) is 0 Å². The molecule has 1 aromatic carbocycles. The topological polar surface area (TPSA) is 131 Å². The van der Waals surface area contributed by atoms with Crippen molar-refractivity contribution in [3.8, 4) is 0 Å². The minimum Gasteiger partial charge on any atom is -0.463 e. The van der Waals surface area contributed by atoms with Crippen LogP contribution in [0, 0.1) is 10.1 Å². The summed E-state index contributed by atoms with van der Waals surface area (Å²) in [6.07, 6.45) is 0. The van der Waals surface area contributed by atoms with Gasteiger partial charge in [0.2, 0.25) is 5.88 Å². The fourth-order valence-corrected chi connectivity index (χ4v) is 3.03. The van der Waals surface area contributed by atoms with Crippen molar-refractivity contribution in [1.82, 2.24) is 0 Å². The highest BCUT2D eigenvalue weighted by Crippen LogP contribution is 2.42. The van der Waals surface area contributed by atoms with Crippen LogP contribution in [0.4, 0.5) is 5.69 Å². The predicted octanol–water partition coefficient (Wildman–Crippen LogP) is 2.93. The Labute approximate surface area is 165 Å². The summed E-state index contributed by atoms with van der Waals surface area (Å²) in [6, 6.07) is 3.95. The number of nitrogens with two attached hydrogens (primary N) is 1. The molecule has 0 saturated carbocycles. The average molecular weight is 411 g/mol. The van der Waals surface area contributed by atoms with E-state index in [4.69, 9.17) is 31.5 Å². The second-order valence-corrected chi connectivity index (χ2v) is 6.10. The molecule has 0 aliphatic carbocycles. The highest BCUT2D eigenvalue weighted by molar-refractivity contribution is 6.32. The molecule has 2 rings (SSSR count). The van der Waals surface area contributed by atoms with Crippen LogP contribution in [0.15, 0.2) is 41.0 Å². The van der Waals surface area contributed by atoms with Crippen molar-refractivity contribution < 1.29 is 28.7 Å². The van der Waals surface area contributed by atoms with Crippen molar-refractivity contribution in [1.29, 1.82) is 0 Å². The summed E-state index contributed by atoms with van der Waals surface area (Å²) in [5, 5.41) is 11.2. The number of hydrogen-bond donors (Lipinski definition) is 1. The van der Waals surface area contributed by atoms with Crippen LogP contribution in [0.2, 0.25) is 5.02 Å². The number of nitro groups is 1. The van der Waals surface area contributed by atoms with Gasteiger partial charge in [-0.05, 0) is 32.4 Å². The summed E-state index contributed by atoms with van der Waals surface area (Å²) in [5.41, 5.74) is 5.61. The van der Waals surface area contributed by atoms with Crippen LogP contribution in [-0.4, -0.2) is 30.1 Å². The normalized spacial score (nSPS) is 16.5. The molecule has 2 N–H and O–H groups in total. The number of carbonyl (C=O) groups excluding carboxylic acids is 2. The molecule has 0 aromatic heterocycles. The zero-order chi connectivity index (χ0) is 21.0. The number of rotatable bonds is 6. The Kier molecular flexibility index (Phi) is 6.63. The van der Waals surface area contributed by atoms with E-state index in [1.165, 1.54) is 25.1 Å². The first-order chi connectivity index (χ1) is 13.2. The molecule has 1 aromatic rings. The van der Waals surface area contributed by atoms with E-state index >= 15 is 0 Å². The Morgan fingerprint density at radius 2 is 1.79 bits per heavy atom. The molecule has 0 saturated heterocycles. The molecule has 0 amide bonds. The van der Waals surface area contributed by atoms with Gasteiger partial charge in [0.15, 0.2) is 0 Å². The molecule has 10 heteroatoms. The molecule has 1 atom stereocenters. The Hall–Kier alpha value is -3.07. The van der Waals surface area contributed by atoms with Crippen molar-refractivity contribution in [3.63, 3.8) is 0 Å². The van der Waals surface area contributed by atoms with Crippen molar-refractivity contribution in [2.75, 3.05) is 13.2 Å². The molecule has 150 valence electrons. The highest BCUT2D eigenvalue weighted by Gasteiger charge is 2.40. The first-order valence-corrected chi connectivity index (χ1v) is 8.76. The van der Waals surface area contributed by atoms with Gasteiger partial charge in [-0.1, -0.05) is 17.7 Å². The quantitative estimate of drug-likeness (QED) is 0.430. The molecule has 0 unspecified atom stereocenters. The standard InChI is InChI=1S/C18H19ClN2O7/c1-4-26-17(22)13-9(3)28-16(20)15(18(23)27-5-2)14(13)10-6-7-11(19)12(8-10)21(24)25/h6-8,14H,4-5,20H2,1-3H3/t14-/m0/s1. The summed E-state index contributed by atoms with van der Waals surface area (Å²) in [5.74, 6) is -2.77. The van der Waals surface area contributed by atoms with E-state index in [0.29, 0.717) is 0 Å². The molecular formula is C18H19ClN2O7. The SMILES string of the molecule is CCOC(=O)C1=C(C)OC(N)=C(C(=O)OCC)[C@H]1c1ccc(Cl)c([N+](=O)[O-])c1. The van der Waals surface area contributed by atoms with Gasteiger partial charge in [0.25, 0.3) is 5.69 Å². The zero-order valence-corrected chi connectivity index (χ0v) is 16.2. The molecule has 1 aliphatic heterocycles. The highest BCUT2D eigenvalue weighted by atomic mass is 35.5. The van der Waals surface area contributed by atoms with Crippen molar-refractivity contribution in [2.24, 2.45) is 5.73 Å². The number of nitrogens with zero attached hydrogens (tertiary/aromatic N) is 1. The third-order valence-electron chi connectivity index (χ3n) is 3.98. The van der Waals surface area contributed by atoms with Gasteiger partial charge < -0.3 is 19.9 Å². The van der Waals surface area contributed by atoms with Gasteiger partial charge in [-0.25, -0.2) is 9.59 Å². The lowest BCUT2D eigenvalue weighted by molar-refractivity contribution is -0.384. The van der Waals surface area contributed by atoms with Crippen LogP contribution in [0.1, 0.15) is 32.3 Å². The Bertz CT molecular complexity index is 852. The second-order valence-electron chi connectivity index (χ2n) is 5.69. The van der Waals surface area contributed by atoms with Gasteiger partial charge in [-0.15, -0.1) is 0 Å². The van der Waals surface area contributed by atoms with Gasteiger partial charge in [0.05, 0.1) is 29.6 Å². The van der Waals surface area contributed by atoms with E-state index < -0.39 is 22.8 Å². The van der Waals surface area contributed by atoms with Gasteiger partial charge in [-0.3, -0.25) is 10.1 Å². The van der Waals surface area contributed by atoms with Crippen LogP contribution in [0.5, 0.6) is 0 Å². The van der Waals surface area contributed by atoms with Crippen LogP contribution in [0.25, 0.3) is 0 Å². The Morgan fingerprint density at radius 3 is 2.32 bits per heavy atom. The molecule has 1 aliphatic rings. The molecule has 0 fully saturated rings. The summed E-state index contributed by atoms with van der Waals surface area (Å²) in [4.78, 5) is 35.7. The third kappa shape index (κ3) is 4.09. The van der Waals surface area contributed by atoms with E-state index in [2.05, 4.69) is 0 Å². The van der Waals surface area contributed by atoms with E-state index in [-0.39, 0.29) is 52.3 Å². The van der Waals surface area contributed by atoms with E-state index in [1.54, 1.807) is 13.8 Å². The molecule has 0 radical (unpaired) electrons. The first-order valence-electron chi connectivity index (χ1n) is 8.39. The summed E-state index contributed by atoms with van der Waals surface area (Å²) >= 11 is 5.89. The Balaban J connectivity index is 2.73. The maximum absolute atomic E-state index is 12.6. The largest absolute Gasteiger partial charge is 0.463 e. The molecule has 1 heterocycles. The number of ether oxygens (including phenoxy) is 3. The number of halogens is 1. The summed E-state index contributed by atoms with van der Waals surface area (Å²) in [7, 11) is 0. The van der Waals surface area contributed by atoms with Crippen LogP contribution in [0.3, 0.4) is 0 Å². The van der Waals surface area contributed by atoms with Crippen LogP contribution >= 0.6 is 11.6 Å². The predicted molar refractivity (Wildman–Crippen MR) is 99.1 cm³/mol. The minimum atomic E-state index is -1.08. The number of carbonyl (C=O) groups is 2. The minimum absolute atomic E-state index is 0.00396. The monoisotopic (exact) mass is 410 g/mol. The lowest BCUT2D eigenvalue weighted by Gasteiger charge is -2.28. The van der Waals surface area contributed by atoms with E-state index in [9.17, 15) is 19.7 Å². The maximum atomic E-state index is 12.6. The first kappa shape index (κ1) is 21.2. The van der Waals surface area contributed by atoms with Crippen molar-refractivity contribution in [3.05, 3.63) is 61.7 Å². The lowest BCUT2D eigenvalue weighted by atomic mass is 9.82. The van der Waals surface area contributed by atoms with Gasteiger partial charge in [-0.2, -0.15) is 0 Å². The molecule has 0 bridgehead atoms. The second kappa shape index (κ2) is 8.75. The molecule has 0 spiro atoms. The number of benzene rings is 1. The molecule has 28 heavy (non-hydrogen) atoms. The Morgan fingerprint density at radius 1 is 1.21 bits per heavy atom. The number of nitro benzene ring substituents is 1. The maximum Gasteiger partial charge on any atom is 0.340 e. The number of allylic oxidation sites excluding steroid dienone is 1. The summed E-state index contributed by atoms with van der Waals surface area (Å²) < 4.78 is 15.5. The molecular weight excluding hydrogens is 392 g/mol. The zero-order valence-electron chi connectivity index (χ0n) is 15.5. The van der Waals surface area contributed by atoms with Gasteiger partial charge in [0, 0.05) is 6.07 Å². The third-order valence-corrected chi connectivity index (χ3v) is 4.30. The van der Waals surface area contributed by atoms with Crippen molar-refractivity contribution >= 4 is 29.2 Å². The van der Waals surface area contributed by atoms with Crippen molar-refractivity contribution in [2.45, 2.75) is 26.7 Å². The van der Waals surface area contributed by atoms with Crippen LogP contribution in [-0.2, 0) is 23.8 Å². The average Bonchev–Trinajstić information content (AvgIpc) is 2.61.